The fraction of sp³-hybridized carbons (Fsp3) is 0.0882. The van der Waals surface area contributed by atoms with Crippen molar-refractivity contribution in [3.8, 4) is 0 Å². The third kappa shape index (κ3) is 2.23. The van der Waals surface area contributed by atoms with Crippen molar-refractivity contribution >= 4 is 62.1 Å². The molecule has 3 aliphatic rings. The van der Waals surface area contributed by atoms with E-state index in [9.17, 15) is 0 Å². The van der Waals surface area contributed by atoms with Crippen LogP contribution in [0.25, 0.3) is 33.5 Å². The molecule has 0 amide bonds. The van der Waals surface area contributed by atoms with Crippen molar-refractivity contribution in [2.24, 2.45) is 0 Å². The third-order valence-electron chi connectivity index (χ3n) is 9.02. The lowest BCUT2D eigenvalue weighted by Gasteiger charge is -2.40. The van der Waals surface area contributed by atoms with Gasteiger partial charge in [-0.15, -0.1) is 0 Å². The Morgan fingerprint density at radius 2 is 1.36 bits per heavy atom. The minimum Gasteiger partial charge on any atom is -0.355 e. The number of aromatic nitrogens is 2. The molecule has 6 aromatic rings. The molecule has 4 aromatic carbocycles. The number of carbonyl (C=O) groups is 1. The van der Waals surface area contributed by atoms with Gasteiger partial charge in [0.25, 0.3) is 5.91 Å². The number of nitrogens with zero attached hydrogens (tertiary/aromatic N) is 3. The van der Waals surface area contributed by atoms with Gasteiger partial charge in [-0.3, -0.25) is 9.36 Å². The fourth-order valence-corrected chi connectivity index (χ4v) is 7.44. The minimum absolute atomic E-state index is 0.0623. The predicted octanol–water partition coefficient (Wildman–Crippen LogP) is 7.47. The second-order valence-electron chi connectivity index (χ2n) is 10.8. The molecule has 1 atom stereocenters. The molecule has 1 N–H and O–H groups in total. The van der Waals surface area contributed by atoms with Gasteiger partial charge in [-0.05, 0) is 35.9 Å². The average molecular weight is 505 g/mol. The lowest BCUT2D eigenvalue weighted by Crippen LogP contribution is -2.41. The van der Waals surface area contributed by atoms with Crippen LogP contribution in [0.4, 0.5) is 22.7 Å². The number of benzene rings is 4. The van der Waals surface area contributed by atoms with Gasteiger partial charge in [-0.1, -0.05) is 72.8 Å². The van der Waals surface area contributed by atoms with Gasteiger partial charge in [-0.25, -0.2) is 0 Å². The highest BCUT2D eigenvalue weighted by molar-refractivity contribution is 6.27. The average Bonchev–Trinajstić information content (AvgIpc) is 3.57. The summed E-state index contributed by atoms with van der Waals surface area (Å²) in [6.07, 6.45) is 2.26. The molecule has 5 heterocycles. The van der Waals surface area contributed by atoms with Gasteiger partial charge in [0.2, 0.25) is 0 Å². The number of nitrogens with one attached hydrogen (secondary N) is 1. The van der Waals surface area contributed by atoms with Crippen LogP contribution in [-0.2, 0) is 5.41 Å². The van der Waals surface area contributed by atoms with Gasteiger partial charge >= 0.3 is 0 Å². The van der Waals surface area contributed by atoms with Crippen molar-refractivity contribution in [3.63, 3.8) is 0 Å². The second kappa shape index (κ2) is 6.88. The quantitative estimate of drug-likeness (QED) is 0.233. The topological polar surface area (TPSA) is 44.3 Å². The maximum Gasteiger partial charge on any atom is 0.253 e. The molecule has 0 aliphatic carbocycles. The van der Waals surface area contributed by atoms with Gasteiger partial charge in [0.1, 0.15) is 5.41 Å². The van der Waals surface area contributed by atoms with E-state index >= 15 is 4.79 Å². The van der Waals surface area contributed by atoms with Crippen molar-refractivity contribution in [2.75, 3.05) is 23.9 Å². The van der Waals surface area contributed by atoms with Crippen LogP contribution < -0.4 is 9.80 Å². The molecular formula is C34H24N4O. The van der Waals surface area contributed by atoms with E-state index in [4.69, 9.17) is 0 Å². The highest BCUT2D eigenvalue weighted by atomic mass is 16.2. The summed E-state index contributed by atoms with van der Waals surface area (Å²) in [5, 5.41) is 2.20. The maximum absolute atomic E-state index is 15.3. The normalized spacial score (nSPS) is 18.7. The molecule has 0 radical (unpaired) electrons. The summed E-state index contributed by atoms with van der Waals surface area (Å²) < 4.78 is 1.98. The van der Waals surface area contributed by atoms with Crippen LogP contribution in [0.5, 0.6) is 0 Å². The highest BCUT2D eigenvalue weighted by Crippen LogP contribution is 2.63. The second-order valence-corrected chi connectivity index (χ2v) is 10.8. The Morgan fingerprint density at radius 3 is 2.23 bits per heavy atom. The van der Waals surface area contributed by atoms with E-state index in [1.54, 1.807) is 0 Å². The first-order chi connectivity index (χ1) is 19.1. The zero-order valence-corrected chi connectivity index (χ0v) is 21.6. The van der Waals surface area contributed by atoms with E-state index in [0.29, 0.717) is 0 Å². The van der Waals surface area contributed by atoms with Crippen LogP contribution in [0.15, 0.2) is 97.1 Å². The number of allylic oxidation sites excluding steroid dienone is 1. The Kier molecular flexibility index (Phi) is 3.70. The molecule has 39 heavy (non-hydrogen) atoms. The molecule has 0 fully saturated rings. The van der Waals surface area contributed by atoms with Crippen LogP contribution in [0.3, 0.4) is 0 Å². The van der Waals surface area contributed by atoms with E-state index < -0.39 is 5.41 Å². The number of anilines is 4. The summed E-state index contributed by atoms with van der Waals surface area (Å²) >= 11 is 0. The lowest BCUT2D eigenvalue weighted by atomic mass is 9.68. The number of fused-ring (bicyclic) bond motifs is 11. The summed E-state index contributed by atoms with van der Waals surface area (Å²) in [4.78, 5) is 23.6. The van der Waals surface area contributed by atoms with Gasteiger partial charge in [0, 0.05) is 52.9 Å². The number of hydrogen-bond acceptors (Lipinski definition) is 3. The molecule has 0 saturated carbocycles. The van der Waals surface area contributed by atoms with Crippen molar-refractivity contribution in [1.29, 1.82) is 0 Å². The van der Waals surface area contributed by atoms with Crippen LogP contribution >= 0.6 is 0 Å². The standard InChI is InChI=1S/C34H24N4O/c1-36-26-16-8-3-11-20(26)19-24-31-29(36)22-13-5-9-17-27(22)38(31)33(39)34(24)23-14-6-10-18-28(23)37(2)30-21-12-4-7-15-25(21)35-32(30)34/h3-19,35H,1-2H3/t34-/m0/s1. The first-order valence-corrected chi connectivity index (χ1v) is 13.3. The molecule has 3 aliphatic heterocycles. The summed E-state index contributed by atoms with van der Waals surface area (Å²) in [5.74, 6) is 0.0623. The Labute approximate surface area is 225 Å². The number of carbonyl (C=O) groups excluding carboxylic acids is 1. The molecule has 2 aromatic heterocycles. The number of para-hydroxylation sites is 4. The Balaban J connectivity index is 1.53. The van der Waals surface area contributed by atoms with Crippen molar-refractivity contribution in [3.05, 3.63) is 120 Å². The van der Waals surface area contributed by atoms with Crippen LogP contribution in [0.1, 0.15) is 27.3 Å². The van der Waals surface area contributed by atoms with Crippen molar-refractivity contribution in [1.82, 2.24) is 9.55 Å². The van der Waals surface area contributed by atoms with Gasteiger partial charge in [-0.2, -0.15) is 0 Å². The molecule has 0 saturated heterocycles. The molecular weight excluding hydrogens is 480 g/mol. The van der Waals surface area contributed by atoms with E-state index in [-0.39, 0.29) is 5.91 Å². The largest absolute Gasteiger partial charge is 0.355 e. The van der Waals surface area contributed by atoms with Gasteiger partial charge in [0.05, 0.1) is 28.3 Å². The zero-order chi connectivity index (χ0) is 26.0. The smallest absolute Gasteiger partial charge is 0.253 e. The Hall–Kier alpha value is -5.03. The first kappa shape index (κ1) is 21.0. The number of H-pyrrole nitrogens is 1. The highest BCUT2D eigenvalue weighted by Gasteiger charge is 2.60. The lowest BCUT2D eigenvalue weighted by molar-refractivity contribution is 0.0880. The molecule has 5 nitrogen and oxygen atoms in total. The van der Waals surface area contributed by atoms with Crippen LogP contribution in [-0.4, -0.2) is 29.6 Å². The summed E-state index contributed by atoms with van der Waals surface area (Å²) in [5.41, 5.74) is 10.3. The maximum atomic E-state index is 15.3. The Morgan fingerprint density at radius 1 is 0.692 bits per heavy atom. The molecule has 0 unspecified atom stereocenters. The summed E-state index contributed by atoms with van der Waals surface area (Å²) in [6, 6.07) is 33.5. The molecule has 9 rings (SSSR count). The SMILES string of the molecule is CN1c2ccccc2[C@@]2(C(=O)n3c4c(c5ccccc53)N(C)c3ccccc3C=C42)c2[nH]c3ccccc3c21. The molecule has 186 valence electrons. The minimum atomic E-state index is -1.02. The Bertz CT molecular complexity index is 2090. The number of aromatic amines is 1. The first-order valence-electron chi connectivity index (χ1n) is 13.3. The summed E-state index contributed by atoms with van der Waals surface area (Å²) in [7, 11) is 4.22. The van der Waals surface area contributed by atoms with Gasteiger partial charge in [0.15, 0.2) is 0 Å². The van der Waals surface area contributed by atoms with E-state index in [1.165, 1.54) is 0 Å². The van der Waals surface area contributed by atoms with Gasteiger partial charge < -0.3 is 14.8 Å². The number of rotatable bonds is 0. The fourth-order valence-electron chi connectivity index (χ4n) is 7.44. The van der Waals surface area contributed by atoms with Crippen molar-refractivity contribution in [2.45, 2.75) is 5.41 Å². The van der Waals surface area contributed by atoms with Crippen LogP contribution in [0, 0.1) is 0 Å². The van der Waals surface area contributed by atoms with E-state index in [2.05, 4.69) is 120 Å². The third-order valence-corrected chi connectivity index (χ3v) is 9.02. The summed E-state index contributed by atoms with van der Waals surface area (Å²) in [6.45, 7) is 0. The molecule has 5 heteroatoms. The zero-order valence-electron chi connectivity index (χ0n) is 21.6. The van der Waals surface area contributed by atoms with Crippen LogP contribution in [0.2, 0.25) is 0 Å². The predicted molar refractivity (Wildman–Crippen MR) is 159 cm³/mol. The molecule has 0 bridgehead atoms. The monoisotopic (exact) mass is 504 g/mol. The number of hydrogen-bond donors (Lipinski definition) is 1. The van der Waals surface area contributed by atoms with E-state index in [1.807, 2.05) is 16.7 Å². The van der Waals surface area contributed by atoms with Crippen molar-refractivity contribution < 1.29 is 4.79 Å². The molecule has 1 spiro atoms. The van der Waals surface area contributed by atoms with E-state index in [0.717, 1.165) is 72.6 Å².